The maximum atomic E-state index is 11.9. The van der Waals surface area contributed by atoms with E-state index >= 15 is 0 Å². The van der Waals surface area contributed by atoms with Crippen molar-refractivity contribution in [2.24, 2.45) is 0 Å². The van der Waals surface area contributed by atoms with E-state index in [0.717, 1.165) is 30.8 Å². The van der Waals surface area contributed by atoms with Gasteiger partial charge in [-0.3, -0.25) is 9.69 Å². The zero-order valence-corrected chi connectivity index (χ0v) is 15.1. The fourth-order valence-corrected chi connectivity index (χ4v) is 2.56. The maximum Gasteiger partial charge on any atom is 0.310 e. The second kappa shape index (κ2) is 9.45. The summed E-state index contributed by atoms with van der Waals surface area (Å²) in [5.74, 6) is -0.232. The lowest BCUT2D eigenvalue weighted by Crippen LogP contribution is -2.22. The van der Waals surface area contributed by atoms with Crippen LogP contribution in [0.2, 0.25) is 5.02 Å². The predicted octanol–water partition coefficient (Wildman–Crippen LogP) is 4.47. The first-order valence-corrected chi connectivity index (χ1v) is 8.68. The average molecular weight is 346 g/mol. The number of esters is 1. The molecule has 0 bridgehead atoms. The van der Waals surface area contributed by atoms with Gasteiger partial charge in [0, 0.05) is 11.6 Å². The molecule has 2 rings (SSSR count). The highest BCUT2D eigenvalue weighted by Gasteiger charge is 2.06. The fourth-order valence-electron chi connectivity index (χ4n) is 2.43. The summed E-state index contributed by atoms with van der Waals surface area (Å²) in [6.07, 6.45) is 0.261. The van der Waals surface area contributed by atoms with Gasteiger partial charge in [0.15, 0.2) is 0 Å². The van der Waals surface area contributed by atoms with E-state index in [1.54, 1.807) is 12.1 Å². The van der Waals surface area contributed by atoms with Crippen molar-refractivity contribution in [1.82, 2.24) is 4.90 Å². The zero-order valence-electron chi connectivity index (χ0n) is 14.3. The number of hydrogen-bond donors (Lipinski definition) is 0. The van der Waals surface area contributed by atoms with Crippen LogP contribution >= 0.6 is 11.6 Å². The smallest absolute Gasteiger partial charge is 0.310 e. The van der Waals surface area contributed by atoms with Crippen molar-refractivity contribution in [2.75, 3.05) is 13.1 Å². The van der Waals surface area contributed by atoms with Crippen molar-refractivity contribution in [1.29, 1.82) is 0 Å². The Morgan fingerprint density at radius 3 is 2.04 bits per heavy atom. The minimum atomic E-state index is -0.232. The standard InChI is InChI=1S/C20H24ClNO2/c1-3-22(4-2)14-17-5-7-18(8-6-17)15-24-20(23)13-16-9-11-19(21)12-10-16/h5-12H,3-4,13-15H2,1-2H3. The predicted molar refractivity (Wildman–Crippen MR) is 98.0 cm³/mol. The van der Waals surface area contributed by atoms with Crippen LogP contribution in [0.3, 0.4) is 0 Å². The summed E-state index contributed by atoms with van der Waals surface area (Å²) in [5.41, 5.74) is 3.18. The van der Waals surface area contributed by atoms with Gasteiger partial charge in [-0.25, -0.2) is 0 Å². The Labute approximate surface area is 149 Å². The molecule has 0 unspecified atom stereocenters. The molecule has 0 heterocycles. The first-order chi connectivity index (χ1) is 11.6. The Bertz CT molecular complexity index is 634. The van der Waals surface area contributed by atoms with Gasteiger partial charge in [-0.05, 0) is 41.9 Å². The van der Waals surface area contributed by atoms with Crippen LogP contribution in [-0.2, 0) is 29.1 Å². The molecule has 2 aromatic rings. The third-order valence-corrected chi connectivity index (χ3v) is 4.24. The van der Waals surface area contributed by atoms with Crippen molar-refractivity contribution < 1.29 is 9.53 Å². The number of ether oxygens (including phenoxy) is 1. The molecule has 0 amide bonds. The van der Waals surface area contributed by atoms with E-state index in [1.807, 2.05) is 24.3 Å². The summed E-state index contributed by atoms with van der Waals surface area (Å²) in [6, 6.07) is 15.5. The molecule has 0 radical (unpaired) electrons. The highest BCUT2D eigenvalue weighted by molar-refractivity contribution is 6.30. The Morgan fingerprint density at radius 1 is 0.917 bits per heavy atom. The van der Waals surface area contributed by atoms with Crippen LogP contribution in [0.5, 0.6) is 0 Å². The van der Waals surface area contributed by atoms with Crippen LogP contribution in [0.15, 0.2) is 48.5 Å². The monoisotopic (exact) mass is 345 g/mol. The van der Waals surface area contributed by atoms with E-state index < -0.39 is 0 Å². The van der Waals surface area contributed by atoms with Crippen LogP contribution in [0.25, 0.3) is 0 Å². The van der Waals surface area contributed by atoms with Crippen molar-refractivity contribution in [3.8, 4) is 0 Å². The number of hydrogen-bond acceptors (Lipinski definition) is 3. The SMILES string of the molecule is CCN(CC)Cc1ccc(COC(=O)Cc2ccc(Cl)cc2)cc1. The van der Waals surface area contributed by atoms with Gasteiger partial charge in [-0.2, -0.15) is 0 Å². The summed E-state index contributed by atoms with van der Waals surface area (Å²) >= 11 is 5.83. The van der Waals surface area contributed by atoms with E-state index in [0.29, 0.717) is 11.6 Å². The minimum Gasteiger partial charge on any atom is -0.461 e. The molecule has 0 N–H and O–H groups in total. The van der Waals surface area contributed by atoms with E-state index in [1.165, 1.54) is 5.56 Å². The molecule has 0 aliphatic heterocycles. The second-order valence-electron chi connectivity index (χ2n) is 5.74. The summed E-state index contributed by atoms with van der Waals surface area (Å²) < 4.78 is 5.34. The molecule has 24 heavy (non-hydrogen) atoms. The molecule has 0 saturated carbocycles. The molecule has 0 aliphatic rings. The van der Waals surface area contributed by atoms with Crippen LogP contribution in [-0.4, -0.2) is 24.0 Å². The van der Waals surface area contributed by atoms with Gasteiger partial charge >= 0.3 is 5.97 Å². The van der Waals surface area contributed by atoms with E-state index in [4.69, 9.17) is 16.3 Å². The molecule has 0 fully saturated rings. The Hall–Kier alpha value is -1.84. The maximum absolute atomic E-state index is 11.9. The van der Waals surface area contributed by atoms with E-state index in [9.17, 15) is 4.79 Å². The highest BCUT2D eigenvalue weighted by Crippen LogP contribution is 2.12. The second-order valence-corrected chi connectivity index (χ2v) is 6.18. The number of carbonyl (C=O) groups excluding carboxylic acids is 1. The number of halogens is 1. The Balaban J connectivity index is 1.81. The normalized spacial score (nSPS) is 10.8. The average Bonchev–Trinajstić information content (AvgIpc) is 2.61. The Morgan fingerprint density at radius 2 is 1.46 bits per heavy atom. The van der Waals surface area contributed by atoms with Gasteiger partial charge in [0.2, 0.25) is 0 Å². The number of nitrogens with zero attached hydrogens (tertiary/aromatic N) is 1. The summed E-state index contributed by atoms with van der Waals surface area (Å²) in [5, 5.41) is 0.664. The van der Waals surface area contributed by atoms with Gasteiger partial charge in [0.25, 0.3) is 0 Å². The molecule has 3 nitrogen and oxygen atoms in total. The number of rotatable bonds is 8. The first-order valence-electron chi connectivity index (χ1n) is 8.31. The zero-order chi connectivity index (χ0) is 17.4. The Kier molecular flexibility index (Phi) is 7.29. The molecular formula is C20H24ClNO2. The van der Waals surface area contributed by atoms with Gasteiger partial charge < -0.3 is 4.74 Å². The van der Waals surface area contributed by atoms with Gasteiger partial charge in [-0.15, -0.1) is 0 Å². The minimum absolute atomic E-state index is 0.232. The molecule has 2 aromatic carbocycles. The molecule has 0 atom stereocenters. The largest absolute Gasteiger partial charge is 0.461 e. The number of benzene rings is 2. The molecule has 0 aliphatic carbocycles. The van der Waals surface area contributed by atoms with Gasteiger partial charge in [0.1, 0.15) is 6.61 Å². The fraction of sp³-hybridized carbons (Fsp3) is 0.350. The van der Waals surface area contributed by atoms with Crippen LogP contribution in [0, 0.1) is 0 Å². The molecular weight excluding hydrogens is 322 g/mol. The van der Waals surface area contributed by atoms with Crippen LogP contribution < -0.4 is 0 Å². The van der Waals surface area contributed by atoms with Crippen LogP contribution in [0.1, 0.15) is 30.5 Å². The summed E-state index contributed by atoms with van der Waals surface area (Å²) in [6.45, 7) is 7.67. The first kappa shape index (κ1) is 18.5. The van der Waals surface area contributed by atoms with Crippen molar-refractivity contribution in [3.05, 3.63) is 70.2 Å². The topological polar surface area (TPSA) is 29.5 Å². The molecule has 128 valence electrons. The van der Waals surface area contributed by atoms with E-state index in [2.05, 4.69) is 30.9 Å². The van der Waals surface area contributed by atoms with Crippen molar-refractivity contribution in [2.45, 2.75) is 33.4 Å². The van der Waals surface area contributed by atoms with Gasteiger partial charge in [0.05, 0.1) is 6.42 Å². The molecule has 0 aromatic heterocycles. The number of carbonyl (C=O) groups is 1. The lowest BCUT2D eigenvalue weighted by atomic mass is 10.1. The van der Waals surface area contributed by atoms with Gasteiger partial charge in [-0.1, -0.05) is 61.8 Å². The third kappa shape index (κ3) is 5.99. The van der Waals surface area contributed by atoms with Crippen molar-refractivity contribution in [3.63, 3.8) is 0 Å². The lowest BCUT2D eigenvalue weighted by Gasteiger charge is -2.18. The molecule has 4 heteroatoms. The third-order valence-electron chi connectivity index (χ3n) is 3.99. The summed E-state index contributed by atoms with van der Waals surface area (Å²) in [4.78, 5) is 14.3. The quantitative estimate of drug-likeness (QED) is 0.661. The van der Waals surface area contributed by atoms with Crippen LogP contribution in [0.4, 0.5) is 0 Å². The summed E-state index contributed by atoms with van der Waals surface area (Å²) in [7, 11) is 0. The lowest BCUT2D eigenvalue weighted by molar-refractivity contribution is -0.144. The van der Waals surface area contributed by atoms with E-state index in [-0.39, 0.29) is 12.4 Å². The molecule has 0 spiro atoms. The van der Waals surface area contributed by atoms with Crippen molar-refractivity contribution >= 4 is 17.6 Å². The molecule has 0 saturated heterocycles. The highest BCUT2D eigenvalue weighted by atomic mass is 35.5.